The molecule has 1 aromatic carbocycles. The van der Waals surface area contributed by atoms with Crippen LogP contribution in [0.25, 0.3) is 0 Å². The molecule has 0 unspecified atom stereocenters. The van der Waals surface area contributed by atoms with Crippen molar-refractivity contribution < 1.29 is 12.8 Å². The van der Waals surface area contributed by atoms with Gasteiger partial charge in [-0.15, -0.1) is 0 Å². The van der Waals surface area contributed by atoms with E-state index in [1.54, 1.807) is 36.6 Å². The molecule has 5 heteroatoms. The van der Waals surface area contributed by atoms with E-state index < -0.39 is 10.0 Å². The Kier molecular flexibility index (Phi) is 3.16. The fourth-order valence-corrected chi connectivity index (χ4v) is 3.73. The fourth-order valence-electron chi connectivity index (χ4n) is 2.46. The van der Waals surface area contributed by atoms with Crippen molar-refractivity contribution in [1.82, 2.24) is 4.72 Å². The summed E-state index contributed by atoms with van der Waals surface area (Å²) in [6, 6.07) is 10.1. The van der Waals surface area contributed by atoms with Gasteiger partial charge < -0.3 is 4.42 Å². The van der Waals surface area contributed by atoms with Gasteiger partial charge in [0.25, 0.3) is 0 Å². The molecule has 0 saturated heterocycles. The van der Waals surface area contributed by atoms with E-state index in [0.717, 1.165) is 30.6 Å². The Morgan fingerprint density at radius 1 is 1.16 bits per heavy atom. The van der Waals surface area contributed by atoms with E-state index in [9.17, 15) is 8.42 Å². The highest BCUT2D eigenvalue weighted by atomic mass is 32.2. The summed E-state index contributed by atoms with van der Waals surface area (Å²) in [4.78, 5) is 0.297. The third kappa shape index (κ3) is 2.43. The van der Waals surface area contributed by atoms with Crippen molar-refractivity contribution >= 4 is 10.0 Å². The fraction of sp³-hybridized carbons (Fsp3) is 0.286. The summed E-state index contributed by atoms with van der Waals surface area (Å²) in [7, 11) is -3.47. The number of fused-ring (bicyclic) bond motifs is 1. The van der Waals surface area contributed by atoms with Crippen LogP contribution in [0.2, 0.25) is 0 Å². The van der Waals surface area contributed by atoms with E-state index in [1.165, 1.54) is 0 Å². The average Bonchev–Trinajstić information content (AvgIpc) is 2.89. The smallest absolute Gasteiger partial charge is 0.241 e. The molecule has 1 aliphatic carbocycles. The topological polar surface area (TPSA) is 59.3 Å². The summed E-state index contributed by atoms with van der Waals surface area (Å²) in [6.07, 6.45) is 4.24. The van der Waals surface area contributed by atoms with E-state index >= 15 is 0 Å². The highest BCUT2D eigenvalue weighted by Gasteiger charge is 2.27. The van der Waals surface area contributed by atoms with Crippen LogP contribution in [0.1, 0.15) is 30.2 Å². The summed E-state index contributed by atoms with van der Waals surface area (Å²) < 4.78 is 32.7. The standard InChI is InChI=1S/C14H15NO3S/c16-19(17,11-5-2-1-3-6-11)15-13-7-4-8-14-12(13)9-10-18-14/h1-3,5-6,9-10,13,15H,4,7-8H2/t13-/m0/s1. The largest absolute Gasteiger partial charge is 0.469 e. The van der Waals surface area contributed by atoms with Crippen LogP contribution in [0, 0.1) is 0 Å². The zero-order valence-electron chi connectivity index (χ0n) is 10.4. The van der Waals surface area contributed by atoms with Crippen LogP contribution in [0.3, 0.4) is 0 Å². The number of furan rings is 1. The van der Waals surface area contributed by atoms with Gasteiger partial charge in [0.2, 0.25) is 10.0 Å². The van der Waals surface area contributed by atoms with E-state index in [1.807, 2.05) is 6.07 Å². The summed E-state index contributed by atoms with van der Waals surface area (Å²) >= 11 is 0. The van der Waals surface area contributed by atoms with Gasteiger partial charge in [-0.1, -0.05) is 18.2 Å². The van der Waals surface area contributed by atoms with Crippen LogP contribution in [0.5, 0.6) is 0 Å². The van der Waals surface area contributed by atoms with E-state index in [4.69, 9.17) is 4.42 Å². The van der Waals surface area contributed by atoms with Gasteiger partial charge in [-0.25, -0.2) is 13.1 Å². The molecule has 1 aromatic heterocycles. The molecule has 1 aliphatic rings. The second kappa shape index (κ2) is 4.83. The molecule has 1 atom stereocenters. The molecule has 3 rings (SSSR count). The lowest BCUT2D eigenvalue weighted by Gasteiger charge is -2.22. The lowest BCUT2D eigenvalue weighted by Crippen LogP contribution is -2.30. The molecule has 0 amide bonds. The molecule has 19 heavy (non-hydrogen) atoms. The molecule has 4 nitrogen and oxygen atoms in total. The molecule has 2 aromatic rings. The maximum atomic E-state index is 12.3. The molecule has 1 heterocycles. The first kappa shape index (κ1) is 12.4. The van der Waals surface area contributed by atoms with Crippen molar-refractivity contribution in [2.45, 2.75) is 30.2 Å². The second-order valence-electron chi connectivity index (χ2n) is 4.68. The second-order valence-corrected chi connectivity index (χ2v) is 6.39. The van der Waals surface area contributed by atoms with Crippen molar-refractivity contribution in [2.24, 2.45) is 0 Å². The van der Waals surface area contributed by atoms with Crippen LogP contribution < -0.4 is 4.72 Å². The summed E-state index contributed by atoms with van der Waals surface area (Å²) in [5.74, 6) is 0.895. The average molecular weight is 277 g/mol. The maximum Gasteiger partial charge on any atom is 0.241 e. The molecule has 0 bridgehead atoms. The van der Waals surface area contributed by atoms with Crippen molar-refractivity contribution in [1.29, 1.82) is 0 Å². The van der Waals surface area contributed by atoms with Gasteiger partial charge in [0, 0.05) is 12.0 Å². The SMILES string of the molecule is O=S(=O)(N[C@H]1CCCc2occc21)c1ccccc1. The van der Waals surface area contributed by atoms with Crippen molar-refractivity contribution in [3.63, 3.8) is 0 Å². The first-order valence-corrected chi connectivity index (χ1v) is 7.79. The van der Waals surface area contributed by atoms with E-state index in [0.29, 0.717) is 4.90 Å². The van der Waals surface area contributed by atoms with Crippen molar-refractivity contribution in [2.75, 3.05) is 0 Å². The Bertz CT molecular complexity index is 661. The van der Waals surface area contributed by atoms with Crippen molar-refractivity contribution in [3.05, 3.63) is 54.0 Å². The highest BCUT2D eigenvalue weighted by molar-refractivity contribution is 7.89. The minimum Gasteiger partial charge on any atom is -0.469 e. The molecule has 0 fully saturated rings. The zero-order chi connectivity index (χ0) is 13.3. The van der Waals surface area contributed by atoms with Gasteiger partial charge in [0.15, 0.2) is 0 Å². The minimum atomic E-state index is -3.47. The number of rotatable bonds is 3. The molecule has 0 aliphatic heterocycles. The quantitative estimate of drug-likeness (QED) is 0.938. The Labute approximate surface area is 112 Å². The maximum absolute atomic E-state index is 12.3. The highest BCUT2D eigenvalue weighted by Crippen LogP contribution is 2.31. The van der Waals surface area contributed by atoms with Crippen LogP contribution in [-0.2, 0) is 16.4 Å². The molecule has 0 saturated carbocycles. The lowest BCUT2D eigenvalue weighted by atomic mass is 9.94. The number of hydrogen-bond donors (Lipinski definition) is 1. The molecule has 0 radical (unpaired) electrons. The van der Waals surface area contributed by atoms with E-state index in [2.05, 4.69) is 4.72 Å². The summed E-state index contributed by atoms with van der Waals surface area (Å²) in [5.41, 5.74) is 0.964. The van der Waals surface area contributed by atoms with Gasteiger partial charge >= 0.3 is 0 Å². The van der Waals surface area contributed by atoms with Gasteiger partial charge in [0.1, 0.15) is 5.76 Å². The minimum absolute atomic E-state index is 0.187. The van der Waals surface area contributed by atoms with Gasteiger partial charge in [-0.05, 0) is 31.0 Å². The number of benzene rings is 1. The number of hydrogen-bond acceptors (Lipinski definition) is 3. The van der Waals surface area contributed by atoms with Gasteiger partial charge in [-0.3, -0.25) is 0 Å². The zero-order valence-corrected chi connectivity index (χ0v) is 11.2. The lowest BCUT2D eigenvalue weighted by molar-refractivity contribution is 0.438. The van der Waals surface area contributed by atoms with Gasteiger partial charge in [-0.2, -0.15) is 0 Å². The van der Waals surface area contributed by atoms with Crippen LogP contribution >= 0.6 is 0 Å². The van der Waals surface area contributed by atoms with Crippen LogP contribution in [0.15, 0.2) is 52.0 Å². The summed E-state index contributed by atoms with van der Waals surface area (Å²) in [6.45, 7) is 0. The molecule has 100 valence electrons. The third-order valence-electron chi connectivity index (χ3n) is 3.40. The number of nitrogens with one attached hydrogen (secondary N) is 1. The first-order valence-electron chi connectivity index (χ1n) is 6.30. The molecule has 1 N–H and O–H groups in total. The number of aryl methyl sites for hydroxylation is 1. The van der Waals surface area contributed by atoms with E-state index in [-0.39, 0.29) is 6.04 Å². The van der Waals surface area contributed by atoms with Crippen LogP contribution in [0.4, 0.5) is 0 Å². The summed E-state index contributed by atoms with van der Waals surface area (Å²) in [5, 5.41) is 0. The van der Waals surface area contributed by atoms with Crippen molar-refractivity contribution in [3.8, 4) is 0 Å². The molecular formula is C14H15NO3S. The third-order valence-corrected chi connectivity index (χ3v) is 4.89. The van der Waals surface area contributed by atoms with Crippen LogP contribution in [-0.4, -0.2) is 8.42 Å². The Balaban J connectivity index is 1.88. The predicted octanol–water partition coefficient (Wildman–Crippen LogP) is 2.64. The molecule has 0 spiro atoms. The Hall–Kier alpha value is -1.59. The Morgan fingerprint density at radius 2 is 1.95 bits per heavy atom. The predicted molar refractivity (Wildman–Crippen MR) is 71.2 cm³/mol. The Morgan fingerprint density at radius 3 is 2.74 bits per heavy atom. The number of sulfonamides is 1. The van der Waals surface area contributed by atoms with Gasteiger partial charge in [0.05, 0.1) is 17.2 Å². The monoisotopic (exact) mass is 277 g/mol. The molecular weight excluding hydrogens is 262 g/mol. The normalized spacial score (nSPS) is 19.1. The first-order chi connectivity index (χ1) is 9.17.